The van der Waals surface area contributed by atoms with Gasteiger partial charge in [-0.3, -0.25) is 14.9 Å². The summed E-state index contributed by atoms with van der Waals surface area (Å²) in [6.07, 6.45) is 1.84. The van der Waals surface area contributed by atoms with Crippen LogP contribution >= 0.6 is 0 Å². The van der Waals surface area contributed by atoms with Crippen LogP contribution in [0, 0.1) is 20.8 Å². The van der Waals surface area contributed by atoms with Crippen molar-refractivity contribution < 1.29 is 23.5 Å². The number of aryl methyl sites for hydroxylation is 3. The Morgan fingerprint density at radius 3 is 2.53 bits per heavy atom. The molecule has 3 rings (SSSR count). The number of carbonyl (C=O) groups excluding carboxylic acids is 3. The lowest BCUT2D eigenvalue weighted by Gasteiger charge is -2.11. The Hall–Kier alpha value is -3.94. The van der Waals surface area contributed by atoms with Crippen molar-refractivity contribution in [1.29, 1.82) is 0 Å². The molecular formula is C24H25N3O5. The molecule has 8 heteroatoms. The van der Waals surface area contributed by atoms with Crippen LogP contribution in [0.3, 0.4) is 0 Å². The SMILES string of the molecule is Cc1ccc(-c2cnc(CCC(=O)OCC(=O)NC(=O)Nc3cccc(C)c3C)o2)cc1. The Morgan fingerprint density at radius 1 is 1.03 bits per heavy atom. The highest BCUT2D eigenvalue weighted by molar-refractivity contribution is 6.02. The number of nitrogens with zero attached hydrogens (tertiary/aromatic N) is 1. The quantitative estimate of drug-likeness (QED) is 0.541. The average molecular weight is 435 g/mol. The second-order valence-corrected chi connectivity index (χ2v) is 7.39. The normalized spacial score (nSPS) is 10.5. The molecule has 166 valence electrons. The molecule has 1 heterocycles. The molecular weight excluding hydrogens is 410 g/mol. The lowest BCUT2D eigenvalue weighted by Crippen LogP contribution is -2.37. The number of benzene rings is 2. The fourth-order valence-electron chi connectivity index (χ4n) is 2.91. The highest BCUT2D eigenvalue weighted by atomic mass is 16.5. The maximum atomic E-state index is 12.0. The molecule has 32 heavy (non-hydrogen) atoms. The predicted molar refractivity (Wildman–Crippen MR) is 119 cm³/mol. The number of oxazole rings is 1. The molecule has 8 nitrogen and oxygen atoms in total. The number of hydrogen-bond donors (Lipinski definition) is 2. The monoisotopic (exact) mass is 435 g/mol. The van der Waals surface area contributed by atoms with E-state index in [1.807, 2.05) is 51.1 Å². The zero-order valence-corrected chi connectivity index (χ0v) is 18.2. The van der Waals surface area contributed by atoms with Crippen molar-refractivity contribution in [3.05, 3.63) is 71.2 Å². The van der Waals surface area contributed by atoms with E-state index < -0.39 is 24.5 Å². The van der Waals surface area contributed by atoms with Crippen LogP contribution in [0.15, 0.2) is 53.1 Å². The number of rotatable bonds is 7. The Bertz CT molecular complexity index is 1120. The van der Waals surface area contributed by atoms with E-state index in [1.54, 1.807) is 18.3 Å². The van der Waals surface area contributed by atoms with Crippen molar-refractivity contribution in [3.63, 3.8) is 0 Å². The number of esters is 1. The van der Waals surface area contributed by atoms with Gasteiger partial charge < -0.3 is 14.5 Å². The van der Waals surface area contributed by atoms with Crippen molar-refractivity contribution in [3.8, 4) is 11.3 Å². The van der Waals surface area contributed by atoms with E-state index in [1.165, 1.54) is 0 Å². The molecule has 0 aliphatic rings. The van der Waals surface area contributed by atoms with Crippen LogP contribution in [-0.4, -0.2) is 29.5 Å². The fourth-order valence-corrected chi connectivity index (χ4v) is 2.91. The van der Waals surface area contributed by atoms with Crippen LogP contribution in [0.2, 0.25) is 0 Å². The van der Waals surface area contributed by atoms with Crippen molar-refractivity contribution in [1.82, 2.24) is 10.3 Å². The largest absolute Gasteiger partial charge is 0.456 e. The summed E-state index contributed by atoms with van der Waals surface area (Å²) in [5.74, 6) is -0.304. The molecule has 0 saturated heterocycles. The fraction of sp³-hybridized carbons (Fsp3) is 0.250. The van der Waals surface area contributed by atoms with E-state index in [4.69, 9.17) is 9.15 Å². The smallest absolute Gasteiger partial charge is 0.325 e. The van der Waals surface area contributed by atoms with E-state index in [9.17, 15) is 14.4 Å². The molecule has 3 amide bonds. The number of aromatic nitrogens is 1. The molecule has 1 aromatic heterocycles. The van der Waals surface area contributed by atoms with Crippen LogP contribution < -0.4 is 10.6 Å². The third-order valence-corrected chi connectivity index (χ3v) is 4.90. The summed E-state index contributed by atoms with van der Waals surface area (Å²) in [7, 11) is 0. The van der Waals surface area contributed by atoms with Gasteiger partial charge >= 0.3 is 12.0 Å². The number of nitrogens with one attached hydrogen (secondary N) is 2. The summed E-state index contributed by atoms with van der Waals surface area (Å²) in [5, 5.41) is 4.74. The van der Waals surface area contributed by atoms with E-state index >= 15 is 0 Å². The molecule has 0 bridgehead atoms. The standard InChI is InChI=1S/C24H25N3O5/c1-15-7-9-18(10-8-15)20-13-25-22(32-20)11-12-23(29)31-14-21(28)27-24(30)26-19-6-4-5-16(2)17(19)3/h4-10,13H,11-12,14H2,1-3H3,(H2,26,27,28,30). The highest BCUT2D eigenvalue weighted by Gasteiger charge is 2.14. The Kier molecular flexibility index (Phi) is 7.38. The number of anilines is 1. The molecule has 0 fully saturated rings. The minimum Gasteiger partial charge on any atom is -0.456 e. The van der Waals surface area contributed by atoms with Gasteiger partial charge in [-0.2, -0.15) is 0 Å². The van der Waals surface area contributed by atoms with Gasteiger partial charge in [-0.15, -0.1) is 0 Å². The third-order valence-electron chi connectivity index (χ3n) is 4.90. The van der Waals surface area contributed by atoms with Gasteiger partial charge in [0.05, 0.1) is 12.6 Å². The lowest BCUT2D eigenvalue weighted by atomic mass is 10.1. The molecule has 0 aliphatic heterocycles. The van der Waals surface area contributed by atoms with E-state index in [2.05, 4.69) is 15.6 Å². The topological polar surface area (TPSA) is 111 Å². The van der Waals surface area contributed by atoms with Crippen LogP contribution in [0.1, 0.15) is 29.0 Å². The first-order valence-electron chi connectivity index (χ1n) is 10.2. The van der Waals surface area contributed by atoms with Gasteiger partial charge in [-0.25, -0.2) is 9.78 Å². The summed E-state index contributed by atoms with van der Waals surface area (Å²) in [5.41, 5.74) is 4.55. The Balaban J connectivity index is 1.40. The van der Waals surface area contributed by atoms with Gasteiger partial charge in [-0.05, 0) is 38.0 Å². The van der Waals surface area contributed by atoms with E-state index in [0.29, 0.717) is 17.3 Å². The average Bonchev–Trinajstić information content (AvgIpc) is 3.23. The van der Waals surface area contributed by atoms with Crippen LogP contribution in [0.5, 0.6) is 0 Å². The summed E-state index contributed by atoms with van der Waals surface area (Å²) in [4.78, 5) is 39.9. The molecule has 0 atom stereocenters. The zero-order chi connectivity index (χ0) is 23.1. The van der Waals surface area contributed by atoms with Crippen molar-refractivity contribution in [2.45, 2.75) is 33.6 Å². The van der Waals surface area contributed by atoms with E-state index in [-0.39, 0.29) is 12.8 Å². The van der Waals surface area contributed by atoms with Gasteiger partial charge in [-0.1, -0.05) is 42.0 Å². The Morgan fingerprint density at radius 2 is 1.78 bits per heavy atom. The van der Waals surface area contributed by atoms with Gasteiger partial charge in [0.2, 0.25) is 0 Å². The lowest BCUT2D eigenvalue weighted by molar-refractivity contribution is -0.148. The molecule has 0 radical (unpaired) electrons. The van der Waals surface area contributed by atoms with Crippen molar-refractivity contribution in [2.75, 3.05) is 11.9 Å². The first-order valence-corrected chi connectivity index (χ1v) is 10.2. The van der Waals surface area contributed by atoms with Gasteiger partial charge in [0.15, 0.2) is 18.3 Å². The highest BCUT2D eigenvalue weighted by Crippen LogP contribution is 2.21. The van der Waals surface area contributed by atoms with Crippen molar-refractivity contribution in [2.24, 2.45) is 0 Å². The van der Waals surface area contributed by atoms with Crippen LogP contribution in [0.25, 0.3) is 11.3 Å². The Labute approximate surface area is 186 Å². The first-order chi connectivity index (χ1) is 15.3. The van der Waals surface area contributed by atoms with E-state index in [0.717, 1.165) is 22.3 Å². The van der Waals surface area contributed by atoms with Gasteiger partial charge in [0, 0.05) is 17.7 Å². The maximum absolute atomic E-state index is 12.0. The number of amides is 3. The number of hydrogen-bond acceptors (Lipinski definition) is 6. The first kappa shape index (κ1) is 22.7. The van der Waals surface area contributed by atoms with Gasteiger partial charge in [0.1, 0.15) is 0 Å². The molecule has 0 unspecified atom stereocenters. The van der Waals surface area contributed by atoms with Crippen LogP contribution in [-0.2, 0) is 20.7 Å². The summed E-state index contributed by atoms with van der Waals surface area (Å²) >= 11 is 0. The van der Waals surface area contributed by atoms with Gasteiger partial charge in [0.25, 0.3) is 5.91 Å². The minimum absolute atomic E-state index is 0.00415. The minimum atomic E-state index is -0.723. The van der Waals surface area contributed by atoms with Crippen molar-refractivity contribution >= 4 is 23.6 Å². The zero-order valence-electron chi connectivity index (χ0n) is 18.2. The summed E-state index contributed by atoms with van der Waals surface area (Å²) < 4.78 is 10.6. The predicted octanol–water partition coefficient (Wildman–Crippen LogP) is 4.09. The number of ether oxygens (including phenoxy) is 1. The molecule has 2 aromatic carbocycles. The summed E-state index contributed by atoms with van der Waals surface area (Å²) in [6, 6.07) is 12.6. The molecule has 2 N–H and O–H groups in total. The molecule has 0 spiro atoms. The molecule has 0 aliphatic carbocycles. The maximum Gasteiger partial charge on any atom is 0.325 e. The second kappa shape index (κ2) is 10.4. The molecule has 0 saturated carbocycles. The summed E-state index contributed by atoms with van der Waals surface area (Å²) in [6.45, 7) is 5.23. The second-order valence-electron chi connectivity index (χ2n) is 7.39. The third kappa shape index (κ3) is 6.28. The number of carbonyl (C=O) groups is 3. The van der Waals surface area contributed by atoms with Crippen LogP contribution in [0.4, 0.5) is 10.5 Å². The number of imide groups is 1. The molecule has 3 aromatic rings. The number of urea groups is 1.